The van der Waals surface area contributed by atoms with Crippen molar-refractivity contribution in [1.82, 2.24) is 29.2 Å². The van der Waals surface area contributed by atoms with E-state index in [0.717, 1.165) is 31.2 Å². The van der Waals surface area contributed by atoms with Crippen LogP contribution in [-0.2, 0) is 28.9 Å². The summed E-state index contributed by atoms with van der Waals surface area (Å²) in [6.45, 7) is 1.32. The number of rotatable bonds is 7. The number of fused-ring (bicyclic) bond motifs is 1. The molecule has 37 heavy (non-hydrogen) atoms. The van der Waals surface area contributed by atoms with Gasteiger partial charge in [0, 0.05) is 50.7 Å². The van der Waals surface area contributed by atoms with Gasteiger partial charge in [-0.1, -0.05) is 6.07 Å². The molecule has 1 aromatic carbocycles. The smallest absolute Gasteiger partial charge is 0.274 e. The van der Waals surface area contributed by atoms with Crippen molar-refractivity contribution in [2.75, 3.05) is 26.0 Å². The lowest BCUT2D eigenvalue weighted by molar-refractivity contribution is -0.0150. The van der Waals surface area contributed by atoms with Gasteiger partial charge < -0.3 is 9.64 Å². The summed E-state index contributed by atoms with van der Waals surface area (Å²) in [5.74, 6) is 0.251. The molecule has 11 heteroatoms. The molecule has 1 aliphatic carbocycles. The van der Waals surface area contributed by atoms with Gasteiger partial charge in [0.25, 0.3) is 5.91 Å². The van der Waals surface area contributed by atoms with E-state index in [1.54, 1.807) is 28.9 Å². The largest absolute Gasteiger partial charge is 0.378 e. The molecule has 5 rings (SSSR count). The van der Waals surface area contributed by atoms with Crippen LogP contribution in [0.15, 0.2) is 36.7 Å². The number of hydrogen-bond donors (Lipinski definition) is 1. The molecule has 3 aromatic rings. The van der Waals surface area contributed by atoms with Crippen LogP contribution in [0.4, 0.5) is 0 Å². The number of aromatic nitrogens is 4. The molecule has 2 fully saturated rings. The Labute approximate surface area is 218 Å². The van der Waals surface area contributed by atoms with Crippen LogP contribution in [0.3, 0.4) is 0 Å². The third-order valence-corrected chi connectivity index (χ3v) is 8.51. The van der Waals surface area contributed by atoms with E-state index < -0.39 is 10.0 Å². The molecule has 2 aliphatic rings. The first-order valence-electron chi connectivity index (χ1n) is 13.0. The fraction of sp³-hybridized carbons (Fsp3) is 0.577. The van der Waals surface area contributed by atoms with Crippen molar-refractivity contribution in [2.24, 2.45) is 20.0 Å². The second-order valence-corrected chi connectivity index (χ2v) is 12.3. The van der Waals surface area contributed by atoms with E-state index in [1.807, 2.05) is 17.9 Å². The molecule has 1 saturated heterocycles. The maximum Gasteiger partial charge on any atom is 0.274 e. The van der Waals surface area contributed by atoms with Crippen LogP contribution in [0.1, 0.15) is 54.1 Å². The van der Waals surface area contributed by atoms with Gasteiger partial charge >= 0.3 is 0 Å². The number of carbonyl (C=O) groups is 1. The number of sulfonamides is 1. The van der Waals surface area contributed by atoms with Crippen LogP contribution in [0.5, 0.6) is 0 Å². The number of carbonyl (C=O) groups excluding carboxylic acids is 1. The van der Waals surface area contributed by atoms with E-state index in [4.69, 9.17) is 4.74 Å². The summed E-state index contributed by atoms with van der Waals surface area (Å²) in [7, 11) is 0.369. The fourth-order valence-corrected chi connectivity index (χ4v) is 6.63. The van der Waals surface area contributed by atoms with Gasteiger partial charge in [-0.25, -0.2) is 13.1 Å². The summed E-state index contributed by atoms with van der Waals surface area (Å²) >= 11 is 0. The minimum atomic E-state index is -3.37. The van der Waals surface area contributed by atoms with E-state index >= 15 is 0 Å². The molecule has 1 amide bonds. The predicted molar refractivity (Wildman–Crippen MR) is 141 cm³/mol. The summed E-state index contributed by atoms with van der Waals surface area (Å²) in [5, 5.41) is 9.76. The number of hydrogen-bond acceptors (Lipinski definition) is 6. The summed E-state index contributed by atoms with van der Waals surface area (Å²) in [6.07, 6.45) is 9.56. The molecule has 200 valence electrons. The van der Waals surface area contributed by atoms with E-state index in [0.29, 0.717) is 37.7 Å². The molecule has 0 unspecified atom stereocenters. The lowest BCUT2D eigenvalue weighted by Crippen LogP contribution is -2.53. The molecule has 0 spiro atoms. The van der Waals surface area contributed by atoms with Crippen molar-refractivity contribution in [3.63, 3.8) is 0 Å². The van der Waals surface area contributed by atoms with Crippen molar-refractivity contribution in [3.05, 3.63) is 47.9 Å². The summed E-state index contributed by atoms with van der Waals surface area (Å²) in [5.41, 5.74) is 2.90. The van der Waals surface area contributed by atoms with Gasteiger partial charge in [0.05, 0.1) is 30.7 Å². The lowest BCUT2D eigenvalue weighted by atomic mass is 9.82. The Morgan fingerprint density at radius 2 is 1.92 bits per heavy atom. The summed E-state index contributed by atoms with van der Waals surface area (Å²) in [6, 6.07) is 8.07. The summed E-state index contributed by atoms with van der Waals surface area (Å²) in [4.78, 5) is 14.7. The third kappa shape index (κ3) is 6.05. The maximum atomic E-state index is 13.0. The Morgan fingerprint density at radius 3 is 2.62 bits per heavy atom. The highest BCUT2D eigenvalue weighted by Gasteiger charge is 2.35. The molecule has 10 nitrogen and oxygen atoms in total. The second kappa shape index (κ2) is 10.5. The maximum absolute atomic E-state index is 13.0. The number of benzene rings is 1. The SMILES string of the molecule is Cn1ccc(C(=O)N2CC[C@H](NS(C)(=O)=O)[C@H](COC3CCC(c4ccc5c(cnn5C)c4)CC3)C2)n1. The highest BCUT2D eigenvalue weighted by Crippen LogP contribution is 2.35. The number of nitrogens with one attached hydrogen (secondary N) is 1. The van der Waals surface area contributed by atoms with Crippen LogP contribution in [0.25, 0.3) is 10.9 Å². The molecule has 3 heterocycles. The molecule has 1 saturated carbocycles. The Morgan fingerprint density at radius 1 is 1.14 bits per heavy atom. The molecule has 0 bridgehead atoms. The zero-order valence-electron chi connectivity index (χ0n) is 21.7. The van der Waals surface area contributed by atoms with E-state index in [1.165, 1.54) is 17.2 Å². The Kier molecular flexibility index (Phi) is 7.37. The normalized spacial score (nSPS) is 25.0. The van der Waals surface area contributed by atoms with Crippen molar-refractivity contribution in [2.45, 2.75) is 50.2 Å². The molecule has 1 aliphatic heterocycles. The van der Waals surface area contributed by atoms with Crippen LogP contribution in [0.2, 0.25) is 0 Å². The van der Waals surface area contributed by atoms with Crippen molar-refractivity contribution >= 4 is 26.8 Å². The lowest BCUT2D eigenvalue weighted by Gasteiger charge is -2.39. The van der Waals surface area contributed by atoms with Gasteiger partial charge in [0.2, 0.25) is 10.0 Å². The Bertz CT molecular complexity index is 1360. The molecule has 1 N–H and O–H groups in total. The van der Waals surface area contributed by atoms with Gasteiger partial charge in [-0.3, -0.25) is 14.2 Å². The number of amides is 1. The zero-order valence-corrected chi connectivity index (χ0v) is 22.5. The number of piperidine rings is 1. The van der Waals surface area contributed by atoms with Crippen molar-refractivity contribution in [3.8, 4) is 0 Å². The first-order valence-corrected chi connectivity index (χ1v) is 14.8. The number of aryl methyl sites for hydroxylation is 2. The standard InChI is InChI=1S/C26H36N6O4S/c1-30-12-10-24(28-30)26(33)32-13-11-23(29-37(3,34)35)21(16-32)17-36-22-7-4-18(5-8-22)19-6-9-25-20(14-19)15-27-31(25)2/h6,9-10,12,14-15,18,21-23,29H,4-5,7-8,11,13,16-17H2,1-3H3/t18?,21-,22?,23-/m0/s1. The van der Waals surface area contributed by atoms with Crippen molar-refractivity contribution < 1.29 is 17.9 Å². The molecular formula is C26H36N6O4S. The Hall–Kier alpha value is -2.76. The first kappa shape index (κ1) is 25.9. The average molecular weight is 529 g/mol. The number of nitrogens with zero attached hydrogens (tertiary/aromatic N) is 5. The van der Waals surface area contributed by atoms with Crippen LogP contribution in [-0.4, -0.2) is 76.9 Å². The minimum Gasteiger partial charge on any atom is -0.378 e. The second-order valence-electron chi connectivity index (χ2n) is 10.6. The molecule has 2 atom stereocenters. The van der Waals surface area contributed by atoms with Gasteiger partial charge in [-0.05, 0) is 61.8 Å². The summed E-state index contributed by atoms with van der Waals surface area (Å²) < 4.78 is 36.6. The van der Waals surface area contributed by atoms with Crippen LogP contribution < -0.4 is 4.72 Å². The fourth-order valence-electron chi connectivity index (χ4n) is 5.77. The zero-order chi connectivity index (χ0) is 26.2. The van der Waals surface area contributed by atoms with E-state index in [9.17, 15) is 13.2 Å². The predicted octanol–water partition coefficient (Wildman–Crippen LogP) is 2.43. The third-order valence-electron chi connectivity index (χ3n) is 7.78. The van der Waals surface area contributed by atoms with Crippen molar-refractivity contribution in [1.29, 1.82) is 0 Å². The van der Waals surface area contributed by atoms with E-state index in [2.05, 4.69) is 33.1 Å². The van der Waals surface area contributed by atoms with Crippen LogP contribution >= 0.6 is 0 Å². The van der Waals surface area contributed by atoms with Gasteiger partial charge in [-0.15, -0.1) is 0 Å². The number of ether oxygens (including phenoxy) is 1. The van der Waals surface area contributed by atoms with Gasteiger partial charge in [0.1, 0.15) is 5.69 Å². The van der Waals surface area contributed by atoms with Crippen LogP contribution in [0, 0.1) is 5.92 Å². The molecule has 0 radical (unpaired) electrons. The van der Waals surface area contributed by atoms with Gasteiger partial charge in [0.15, 0.2) is 0 Å². The molecule has 2 aromatic heterocycles. The topological polar surface area (TPSA) is 111 Å². The highest BCUT2D eigenvalue weighted by atomic mass is 32.2. The number of likely N-dealkylation sites (tertiary alicyclic amines) is 1. The minimum absolute atomic E-state index is 0.123. The molecular weight excluding hydrogens is 492 g/mol. The average Bonchev–Trinajstić information content (AvgIpc) is 3.47. The highest BCUT2D eigenvalue weighted by molar-refractivity contribution is 7.88. The monoisotopic (exact) mass is 528 g/mol. The van der Waals surface area contributed by atoms with Gasteiger partial charge in [-0.2, -0.15) is 10.2 Å². The quantitative estimate of drug-likeness (QED) is 0.504. The Balaban J connectivity index is 1.19. The first-order chi connectivity index (χ1) is 17.7. The van der Waals surface area contributed by atoms with E-state index in [-0.39, 0.29) is 24.0 Å².